The van der Waals surface area contributed by atoms with Crippen LogP contribution in [0.1, 0.15) is 12.1 Å². The molecule has 0 spiro atoms. The van der Waals surface area contributed by atoms with Crippen molar-refractivity contribution in [3.63, 3.8) is 0 Å². The predicted molar refractivity (Wildman–Crippen MR) is 55.1 cm³/mol. The largest absolute Gasteiger partial charge is 0.573 e. The number of methoxy groups -OCH3 is 1. The Morgan fingerprint density at radius 3 is 2.35 bits per heavy atom. The van der Waals surface area contributed by atoms with Crippen LogP contribution < -0.4 is 9.47 Å². The van der Waals surface area contributed by atoms with E-state index < -0.39 is 24.2 Å². The molecular formula is C8H5F5INO2. The number of alkyl halides is 5. The van der Waals surface area contributed by atoms with E-state index in [1.165, 1.54) is 7.11 Å². The Bertz CT molecular complexity index is 410. The number of halogens is 6. The fourth-order valence-electron chi connectivity index (χ4n) is 0.975. The summed E-state index contributed by atoms with van der Waals surface area (Å²) in [5, 5.41) is 0. The molecule has 9 heteroatoms. The summed E-state index contributed by atoms with van der Waals surface area (Å²) in [6, 6.07) is 0.793. The molecule has 1 rings (SSSR count). The summed E-state index contributed by atoms with van der Waals surface area (Å²) in [5.41, 5.74) is -1.11. The lowest BCUT2D eigenvalue weighted by Crippen LogP contribution is -2.19. The number of nitrogens with zero attached hydrogens (tertiary/aromatic N) is 1. The van der Waals surface area contributed by atoms with Crippen molar-refractivity contribution in [3.8, 4) is 11.6 Å². The highest BCUT2D eigenvalue weighted by molar-refractivity contribution is 14.1. The van der Waals surface area contributed by atoms with E-state index in [4.69, 9.17) is 0 Å². The summed E-state index contributed by atoms with van der Waals surface area (Å²) >= 11 is 1.60. The lowest BCUT2D eigenvalue weighted by atomic mass is 10.3. The van der Waals surface area contributed by atoms with Crippen LogP contribution in [0, 0.1) is 3.57 Å². The first kappa shape index (κ1) is 14.2. The lowest BCUT2D eigenvalue weighted by Gasteiger charge is -2.14. The maximum atomic E-state index is 12.5. The molecule has 1 aromatic heterocycles. The molecule has 17 heavy (non-hydrogen) atoms. The molecule has 0 N–H and O–H groups in total. The summed E-state index contributed by atoms with van der Waals surface area (Å²) < 4.78 is 69.1. The van der Waals surface area contributed by atoms with E-state index >= 15 is 0 Å². The molecule has 0 saturated carbocycles. The molecule has 1 heterocycles. The standard InChI is InChI=1S/C8H5F5INO2/c1-16-7-3(14)2-4(17-8(11,12)13)5(15-7)6(9)10/h2,6H,1H3. The minimum absolute atomic E-state index is 0.133. The van der Waals surface area contributed by atoms with Crippen molar-refractivity contribution in [2.75, 3.05) is 7.11 Å². The van der Waals surface area contributed by atoms with Gasteiger partial charge in [0.15, 0.2) is 11.4 Å². The number of pyridine rings is 1. The predicted octanol–water partition coefficient (Wildman–Crippen LogP) is 3.53. The fourth-order valence-corrected chi connectivity index (χ4v) is 1.60. The van der Waals surface area contributed by atoms with E-state index in [0.717, 1.165) is 6.07 Å². The Labute approximate surface area is 106 Å². The molecule has 1 aromatic rings. The molecule has 0 saturated heterocycles. The average molecular weight is 369 g/mol. The van der Waals surface area contributed by atoms with Crippen LogP contribution in [0.5, 0.6) is 11.6 Å². The van der Waals surface area contributed by atoms with Gasteiger partial charge < -0.3 is 9.47 Å². The van der Waals surface area contributed by atoms with Crippen molar-refractivity contribution >= 4 is 22.6 Å². The molecule has 0 atom stereocenters. The average Bonchev–Trinajstić information content (AvgIpc) is 2.14. The van der Waals surface area contributed by atoms with Crippen LogP contribution in [0.2, 0.25) is 0 Å². The zero-order valence-corrected chi connectivity index (χ0v) is 10.3. The smallest absolute Gasteiger partial charge is 0.480 e. The van der Waals surface area contributed by atoms with E-state index in [0.29, 0.717) is 0 Å². The van der Waals surface area contributed by atoms with Crippen LogP contribution in [0.25, 0.3) is 0 Å². The van der Waals surface area contributed by atoms with Crippen molar-refractivity contribution in [2.24, 2.45) is 0 Å². The third kappa shape index (κ3) is 3.82. The van der Waals surface area contributed by atoms with Crippen LogP contribution >= 0.6 is 22.6 Å². The van der Waals surface area contributed by atoms with Crippen molar-refractivity contribution in [1.82, 2.24) is 4.98 Å². The summed E-state index contributed by atoms with van der Waals surface area (Å²) in [6.45, 7) is 0. The molecule has 3 nitrogen and oxygen atoms in total. The van der Waals surface area contributed by atoms with Crippen LogP contribution in [0.4, 0.5) is 22.0 Å². The number of hydrogen-bond donors (Lipinski definition) is 0. The van der Waals surface area contributed by atoms with Crippen LogP contribution in [0.15, 0.2) is 6.07 Å². The van der Waals surface area contributed by atoms with Crippen molar-refractivity contribution in [1.29, 1.82) is 0 Å². The molecule has 0 fully saturated rings. The Morgan fingerprint density at radius 1 is 1.35 bits per heavy atom. The number of hydrogen-bond acceptors (Lipinski definition) is 3. The SMILES string of the molecule is COc1nc(C(F)F)c(OC(F)(F)F)cc1I. The Hall–Kier alpha value is -0.870. The van der Waals surface area contributed by atoms with Crippen LogP contribution in [-0.4, -0.2) is 18.5 Å². The topological polar surface area (TPSA) is 31.4 Å². The van der Waals surface area contributed by atoms with E-state index in [2.05, 4.69) is 14.5 Å². The van der Waals surface area contributed by atoms with Crippen molar-refractivity contribution in [2.45, 2.75) is 12.8 Å². The first-order valence-corrected chi connectivity index (χ1v) is 5.10. The summed E-state index contributed by atoms with van der Waals surface area (Å²) in [7, 11) is 1.17. The lowest BCUT2D eigenvalue weighted by molar-refractivity contribution is -0.275. The maximum absolute atomic E-state index is 12.5. The van der Waals surface area contributed by atoms with Gasteiger partial charge in [-0.25, -0.2) is 13.8 Å². The summed E-state index contributed by atoms with van der Waals surface area (Å²) in [4.78, 5) is 3.27. The van der Waals surface area contributed by atoms with Gasteiger partial charge in [0.25, 0.3) is 6.43 Å². The van der Waals surface area contributed by atoms with Crippen LogP contribution in [0.3, 0.4) is 0 Å². The normalized spacial score (nSPS) is 11.8. The van der Waals surface area contributed by atoms with E-state index in [9.17, 15) is 22.0 Å². The zero-order valence-electron chi connectivity index (χ0n) is 8.19. The second kappa shape index (κ2) is 5.19. The second-order valence-electron chi connectivity index (χ2n) is 2.71. The van der Waals surface area contributed by atoms with Crippen LogP contribution in [-0.2, 0) is 0 Å². The maximum Gasteiger partial charge on any atom is 0.573 e. The van der Waals surface area contributed by atoms with Gasteiger partial charge in [0.2, 0.25) is 5.88 Å². The van der Waals surface area contributed by atoms with Gasteiger partial charge in [0.05, 0.1) is 10.7 Å². The first-order valence-electron chi connectivity index (χ1n) is 4.03. The molecule has 0 bridgehead atoms. The Balaban J connectivity index is 3.23. The van der Waals surface area contributed by atoms with Gasteiger partial charge >= 0.3 is 6.36 Å². The Morgan fingerprint density at radius 2 is 1.94 bits per heavy atom. The third-order valence-corrected chi connectivity index (χ3v) is 2.34. The van der Waals surface area contributed by atoms with E-state index in [1.807, 2.05) is 0 Å². The van der Waals surface area contributed by atoms with Gasteiger partial charge in [-0.05, 0) is 22.6 Å². The molecule has 0 amide bonds. The van der Waals surface area contributed by atoms with E-state index in [-0.39, 0.29) is 9.45 Å². The van der Waals surface area contributed by atoms with Gasteiger partial charge in [0.1, 0.15) is 0 Å². The molecular weight excluding hydrogens is 364 g/mol. The molecule has 0 aromatic carbocycles. The fraction of sp³-hybridized carbons (Fsp3) is 0.375. The van der Waals surface area contributed by atoms with Gasteiger partial charge in [-0.2, -0.15) is 0 Å². The first-order chi connectivity index (χ1) is 7.74. The van der Waals surface area contributed by atoms with Gasteiger partial charge in [-0.15, -0.1) is 13.2 Å². The second-order valence-corrected chi connectivity index (χ2v) is 3.87. The van der Waals surface area contributed by atoms with Crippen molar-refractivity contribution in [3.05, 3.63) is 15.3 Å². The molecule has 0 aliphatic heterocycles. The molecule has 0 unspecified atom stereocenters. The van der Waals surface area contributed by atoms with E-state index in [1.54, 1.807) is 22.6 Å². The zero-order chi connectivity index (χ0) is 13.2. The summed E-state index contributed by atoms with van der Waals surface area (Å²) in [6.07, 6.45) is -8.25. The van der Waals surface area contributed by atoms with Gasteiger partial charge in [-0.1, -0.05) is 0 Å². The molecule has 0 aliphatic rings. The highest BCUT2D eigenvalue weighted by atomic mass is 127. The number of rotatable bonds is 3. The number of aromatic nitrogens is 1. The number of ether oxygens (including phenoxy) is 2. The Kier molecular flexibility index (Phi) is 4.33. The highest BCUT2D eigenvalue weighted by Crippen LogP contribution is 2.35. The van der Waals surface area contributed by atoms with Gasteiger partial charge in [0, 0.05) is 6.07 Å². The minimum Gasteiger partial charge on any atom is -0.480 e. The molecule has 96 valence electrons. The van der Waals surface area contributed by atoms with Crippen molar-refractivity contribution < 1.29 is 31.4 Å². The third-order valence-electron chi connectivity index (χ3n) is 1.56. The molecule has 0 radical (unpaired) electrons. The monoisotopic (exact) mass is 369 g/mol. The molecule has 0 aliphatic carbocycles. The van der Waals surface area contributed by atoms with Gasteiger partial charge in [-0.3, -0.25) is 0 Å². The minimum atomic E-state index is -5.05. The highest BCUT2D eigenvalue weighted by Gasteiger charge is 2.34. The quantitative estimate of drug-likeness (QED) is 0.604. The summed E-state index contributed by atoms with van der Waals surface area (Å²) in [5.74, 6) is -1.21.